The van der Waals surface area contributed by atoms with Crippen molar-refractivity contribution in [2.75, 3.05) is 6.54 Å². The van der Waals surface area contributed by atoms with Crippen LogP contribution in [0.2, 0.25) is 0 Å². The van der Waals surface area contributed by atoms with E-state index < -0.39 is 0 Å². The van der Waals surface area contributed by atoms with Crippen molar-refractivity contribution < 1.29 is 4.42 Å². The Labute approximate surface area is 159 Å². The summed E-state index contributed by atoms with van der Waals surface area (Å²) in [6, 6.07) is 10.1. The fourth-order valence-electron chi connectivity index (χ4n) is 3.56. The largest absolute Gasteiger partial charge is 0.461 e. The van der Waals surface area contributed by atoms with Crippen molar-refractivity contribution in [3.63, 3.8) is 0 Å². The van der Waals surface area contributed by atoms with E-state index in [1.165, 1.54) is 22.0 Å². The van der Waals surface area contributed by atoms with Crippen LogP contribution in [0.5, 0.6) is 0 Å². The summed E-state index contributed by atoms with van der Waals surface area (Å²) in [5.74, 6) is 1.39. The molecular weight excluding hydrogens is 392 g/mol. The van der Waals surface area contributed by atoms with E-state index in [2.05, 4.69) is 55.2 Å². The zero-order valence-electron chi connectivity index (χ0n) is 14.1. The summed E-state index contributed by atoms with van der Waals surface area (Å²) in [4.78, 5) is 15.0. The summed E-state index contributed by atoms with van der Waals surface area (Å²) >= 11 is 3.53. The van der Waals surface area contributed by atoms with Crippen LogP contribution < -0.4 is 0 Å². The fraction of sp³-hybridized carbons (Fsp3) is 0.200. The van der Waals surface area contributed by atoms with E-state index in [9.17, 15) is 0 Å². The van der Waals surface area contributed by atoms with Crippen LogP contribution in [-0.4, -0.2) is 26.4 Å². The van der Waals surface area contributed by atoms with Gasteiger partial charge in [-0.15, -0.1) is 0 Å². The van der Waals surface area contributed by atoms with E-state index in [-0.39, 0.29) is 0 Å². The monoisotopic (exact) mass is 408 g/mol. The predicted octanol–water partition coefficient (Wildman–Crippen LogP) is 4.54. The maximum absolute atomic E-state index is 5.41. The molecule has 4 aromatic rings. The van der Waals surface area contributed by atoms with E-state index in [0.717, 1.165) is 42.0 Å². The molecule has 0 amide bonds. The minimum atomic E-state index is 0.671. The van der Waals surface area contributed by atoms with Gasteiger partial charge in [-0.3, -0.25) is 4.90 Å². The average Bonchev–Trinajstić information content (AvgIpc) is 3.31. The molecule has 0 fully saturated rings. The molecule has 0 saturated carbocycles. The second kappa shape index (κ2) is 6.37. The van der Waals surface area contributed by atoms with Gasteiger partial charge < -0.3 is 9.40 Å². The number of fused-ring (bicyclic) bond motifs is 2. The van der Waals surface area contributed by atoms with Crippen LogP contribution in [0.15, 0.2) is 57.9 Å². The van der Waals surface area contributed by atoms with Crippen molar-refractivity contribution in [3.8, 4) is 11.6 Å². The standard InChI is InChI=1S/C20H17BrN4O/c21-15-3-4-16-13(9-22-18(16)8-15)11-25-6-5-17-14(12-25)10-23-20(24-17)19-2-1-7-26-19/h1-4,7-10,22H,5-6,11-12H2. The first-order valence-corrected chi connectivity index (χ1v) is 9.42. The van der Waals surface area contributed by atoms with E-state index in [1.807, 2.05) is 18.3 Å². The molecule has 130 valence electrons. The lowest BCUT2D eigenvalue weighted by Gasteiger charge is -2.27. The number of aromatic nitrogens is 3. The Bertz CT molecular complexity index is 1070. The van der Waals surface area contributed by atoms with E-state index >= 15 is 0 Å². The van der Waals surface area contributed by atoms with E-state index in [1.54, 1.807) is 6.26 Å². The Balaban J connectivity index is 1.37. The Morgan fingerprint density at radius 3 is 3.12 bits per heavy atom. The fourth-order valence-corrected chi connectivity index (χ4v) is 3.93. The normalized spacial score (nSPS) is 14.7. The Hall–Kier alpha value is -2.44. The average molecular weight is 409 g/mol. The van der Waals surface area contributed by atoms with E-state index in [4.69, 9.17) is 9.40 Å². The molecule has 1 aromatic carbocycles. The lowest BCUT2D eigenvalue weighted by atomic mass is 10.1. The molecule has 0 spiro atoms. The first-order chi connectivity index (χ1) is 12.8. The molecule has 5 rings (SSSR count). The van der Waals surface area contributed by atoms with Gasteiger partial charge in [0.2, 0.25) is 0 Å². The number of rotatable bonds is 3. The summed E-state index contributed by atoms with van der Waals surface area (Å²) in [6.45, 7) is 2.78. The highest BCUT2D eigenvalue weighted by Gasteiger charge is 2.20. The number of halogens is 1. The number of hydrogen-bond donors (Lipinski definition) is 1. The highest BCUT2D eigenvalue weighted by molar-refractivity contribution is 9.10. The Kier molecular flexibility index (Phi) is 3.87. The lowest BCUT2D eigenvalue weighted by Crippen LogP contribution is -2.30. The number of aromatic amines is 1. The molecule has 0 bridgehead atoms. The third kappa shape index (κ3) is 2.85. The van der Waals surface area contributed by atoms with Crippen molar-refractivity contribution in [3.05, 3.63) is 70.3 Å². The SMILES string of the molecule is Brc1ccc2c(CN3CCc4nc(-c5ccco5)ncc4C3)c[nH]c2c1. The van der Waals surface area contributed by atoms with E-state index in [0.29, 0.717) is 5.82 Å². The smallest absolute Gasteiger partial charge is 0.195 e. The van der Waals surface area contributed by atoms with Crippen LogP contribution in [0.3, 0.4) is 0 Å². The molecule has 6 heteroatoms. The van der Waals surface area contributed by atoms with Gasteiger partial charge in [-0.1, -0.05) is 22.0 Å². The number of nitrogens with one attached hydrogen (secondary N) is 1. The number of hydrogen-bond acceptors (Lipinski definition) is 4. The van der Waals surface area contributed by atoms with Crippen LogP contribution in [0.1, 0.15) is 16.8 Å². The van der Waals surface area contributed by atoms with Gasteiger partial charge in [0, 0.05) is 59.4 Å². The third-order valence-electron chi connectivity index (χ3n) is 4.88. The topological polar surface area (TPSA) is 58.0 Å². The number of H-pyrrole nitrogens is 1. The van der Waals surface area contributed by atoms with Crippen LogP contribution >= 0.6 is 15.9 Å². The molecule has 1 N–H and O–H groups in total. The van der Waals surface area contributed by atoms with Gasteiger partial charge >= 0.3 is 0 Å². The maximum Gasteiger partial charge on any atom is 0.195 e. The van der Waals surface area contributed by atoms with Gasteiger partial charge in [-0.2, -0.15) is 0 Å². The molecule has 0 unspecified atom stereocenters. The molecule has 1 aliphatic rings. The minimum Gasteiger partial charge on any atom is -0.461 e. The van der Waals surface area contributed by atoms with Crippen molar-refractivity contribution in [2.24, 2.45) is 0 Å². The molecule has 0 atom stereocenters. The second-order valence-electron chi connectivity index (χ2n) is 6.61. The highest BCUT2D eigenvalue weighted by Crippen LogP contribution is 2.26. The van der Waals surface area contributed by atoms with Gasteiger partial charge in [0.25, 0.3) is 0 Å². The van der Waals surface area contributed by atoms with Crippen molar-refractivity contribution in [1.29, 1.82) is 0 Å². The van der Waals surface area contributed by atoms with Crippen molar-refractivity contribution in [1.82, 2.24) is 19.9 Å². The molecular formula is C20H17BrN4O. The Morgan fingerprint density at radius 2 is 2.23 bits per heavy atom. The minimum absolute atomic E-state index is 0.671. The summed E-state index contributed by atoms with van der Waals surface area (Å²) in [5, 5.41) is 1.28. The van der Waals surface area contributed by atoms with Gasteiger partial charge in [-0.25, -0.2) is 9.97 Å². The number of furan rings is 1. The molecule has 5 nitrogen and oxygen atoms in total. The summed E-state index contributed by atoms with van der Waals surface area (Å²) in [5.41, 5.74) is 4.82. The first-order valence-electron chi connectivity index (χ1n) is 8.63. The van der Waals surface area contributed by atoms with Crippen molar-refractivity contribution >= 4 is 26.8 Å². The Morgan fingerprint density at radius 1 is 1.27 bits per heavy atom. The number of nitrogens with zero attached hydrogens (tertiary/aromatic N) is 3. The molecule has 3 aromatic heterocycles. The first kappa shape index (κ1) is 15.8. The quantitative estimate of drug-likeness (QED) is 0.540. The molecule has 4 heterocycles. The lowest BCUT2D eigenvalue weighted by molar-refractivity contribution is 0.244. The van der Waals surface area contributed by atoms with Gasteiger partial charge in [-0.05, 0) is 29.8 Å². The predicted molar refractivity (Wildman–Crippen MR) is 104 cm³/mol. The van der Waals surface area contributed by atoms with Crippen LogP contribution in [0.4, 0.5) is 0 Å². The summed E-state index contributed by atoms with van der Waals surface area (Å²) in [6.07, 6.45) is 6.64. The second-order valence-corrected chi connectivity index (χ2v) is 7.52. The summed E-state index contributed by atoms with van der Waals surface area (Å²) < 4.78 is 6.50. The molecule has 0 radical (unpaired) electrons. The summed E-state index contributed by atoms with van der Waals surface area (Å²) in [7, 11) is 0. The zero-order valence-corrected chi connectivity index (χ0v) is 15.7. The highest BCUT2D eigenvalue weighted by atomic mass is 79.9. The van der Waals surface area contributed by atoms with Gasteiger partial charge in [0.1, 0.15) is 0 Å². The van der Waals surface area contributed by atoms with Crippen molar-refractivity contribution in [2.45, 2.75) is 19.5 Å². The zero-order chi connectivity index (χ0) is 17.5. The number of benzene rings is 1. The van der Waals surface area contributed by atoms with Crippen LogP contribution in [0.25, 0.3) is 22.5 Å². The molecule has 0 aliphatic carbocycles. The van der Waals surface area contributed by atoms with Gasteiger partial charge in [0.15, 0.2) is 11.6 Å². The van der Waals surface area contributed by atoms with Crippen LogP contribution in [-0.2, 0) is 19.5 Å². The molecule has 1 aliphatic heterocycles. The third-order valence-corrected chi connectivity index (χ3v) is 5.37. The molecule has 0 saturated heterocycles. The molecule has 26 heavy (non-hydrogen) atoms. The van der Waals surface area contributed by atoms with Gasteiger partial charge in [0.05, 0.1) is 12.0 Å². The van der Waals surface area contributed by atoms with Crippen LogP contribution in [0, 0.1) is 0 Å². The maximum atomic E-state index is 5.41.